The molecular formula is C22H20ClN5O3S. The lowest BCUT2D eigenvalue weighted by Crippen LogP contribution is -2.26. The first-order valence-electron chi connectivity index (χ1n) is 9.71. The summed E-state index contributed by atoms with van der Waals surface area (Å²) in [5.74, 6) is 0.404. The van der Waals surface area contributed by atoms with Gasteiger partial charge in [0.05, 0.1) is 29.8 Å². The van der Waals surface area contributed by atoms with Crippen molar-refractivity contribution in [2.75, 3.05) is 12.9 Å². The number of thioether (sulfide) groups is 1. The Bertz CT molecular complexity index is 1330. The predicted molar refractivity (Wildman–Crippen MR) is 125 cm³/mol. The van der Waals surface area contributed by atoms with Crippen molar-refractivity contribution in [3.8, 4) is 11.4 Å². The van der Waals surface area contributed by atoms with E-state index in [2.05, 4.69) is 20.5 Å². The first-order valence-corrected chi connectivity index (χ1v) is 11.1. The van der Waals surface area contributed by atoms with Crippen molar-refractivity contribution in [1.29, 1.82) is 0 Å². The van der Waals surface area contributed by atoms with E-state index in [1.807, 2.05) is 31.2 Å². The van der Waals surface area contributed by atoms with Gasteiger partial charge in [0.15, 0.2) is 10.8 Å². The highest BCUT2D eigenvalue weighted by molar-refractivity contribution is 7.99. The second-order valence-corrected chi connectivity index (χ2v) is 8.39. The standard InChI is InChI=1S/C22H20ClN5O3S/c1-13-3-5-14(6-4-13)10-24-19(29)12-32-22-26-20-16(11-25-27-20)21(30)28(22)15-7-8-18(31-2)17(23)9-15/h3-9,11H,10,12H2,1-2H3,(H,24,29)(H,25,27). The van der Waals surface area contributed by atoms with E-state index in [-0.39, 0.29) is 17.2 Å². The number of hydrogen-bond donors (Lipinski definition) is 2. The monoisotopic (exact) mass is 469 g/mol. The Kier molecular flexibility index (Phi) is 6.48. The number of aromatic nitrogens is 4. The van der Waals surface area contributed by atoms with Gasteiger partial charge in [-0.3, -0.25) is 19.3 Å². The van der Waals surface area contributed by atoms with Crippen LogP contribution in [0, 0.1) is 6.92 Å². The summed E-state index contributed by atoms with van der Waals surface area (Å²) in [7, 11) is 1.52. The van der Waals surface area contributed by atoms with Gasteiger partial charge >= 0.3 is 0 Å². The molecule has 164 valence electrons. The number of nitrogens with zero attached hydrogens (tertiary/aromatic N) is 3. The minimum atomic E-state index is -0.312. The van der Waals surface area contributed by atoms with Crippen LogP contribution in [0.1, 0.15) is 11.1 Å². The summed E-state index contributed by atoms with van der Waals surface area (Å²) in [6.45, 7) is 2.44. The fourth-order valence-electron chi connectivity index (χ4n) is 3.08. The smallest absolute Gasteiger partial charge is 0.269 e. The number of methoxy groups -OCH3 is 1. The summed E-state index contributed by atoms with van der Waals surface area (Å²) in [6, 6.07) is 12.9. The molecule has 0 radical (unpaired) electrons. The molecule has 2 aromatic carbocycles. The molecule has 0 aliphatic rings. The number of hydrogen-bond acceptors (Lipinski definition) is 6. The molecule has 1 amide bonds. The summed E-state index contributed by atoms with van der Waals surface area (Å²) in [5.41, 5.74) is 2.73. The second kappa shape index (κ2) is 9.46. The Morgan fingerprint density at radius 1 is 1.25 bits per heavy atom. The van der Waals surface area contributed by atoms with Crippen LogP contribution in [0.25, 0.3) is 16.7 Å². The number of benzene rings is 2. The van der Waals surface area contributed by atoms with Crippen LogP contribution in [-0.4, -0.2) is 38.5 Å². The van der Waals surface area contributed by atoms with Crippen molar-refractivity contribution < 1.29 is 9.53 Å². The van der Waals surface area contributed by atoms with Gasteiger partial charge in [-0.15, -0.1) is 0 Å². The highest BCUT2D eigenvalue weighted by Crippen LogP contribution is 2.28. The van der Waals surface area contributed by atoms with E-state index in [1.54, 1.807) is 18.2 Å². The number of halogens is 1. The molecule has 32 heavy (non-hydrogen) atoms. The Hall–Kier alpha value is -3.30. The van der Waals surface area contributed by atoms with Crippen LogP contribution in [0.2, 0.25) is 5.02 Å². The summed E-state index contributed by atoms with van der Waals surface area (Å²) in [4.78, 5) is 30.1. The summed E-state index contributed by atoms with van der Waals surface area (Å²) >= 11 is 7.42. The van der Waals surface area contributed by atoms with E-state index >= 15 is 0 Å². The van der Waals surface area contributed by atoms with Gasteiger partial charge < -0.3 is 10.1 Å². The van der Waals surface area contributed by atoms with Gasteiger partial charge in [0, 0.05) is 6.54 Å². The normalized spacial score (nSPS) is 11.0. The molecule has 0 fully saturated rings. The summed E-state index contributed by atoms with van der Waals surface area (Å²) < 4.78 is 6.61. The van der Waals surface area contributed by atoms with Crippen molar-refractivity contribution in [1.82, 2.24) is 25.1 Å². The number of rotatable bonds is 7. The van der Waals surface area contributed by atoms with Crippen LogP contribution in [0.4, 0.5) is 0 Å². The fourth-order valence-corrected chi connectivity index (χ4v) is 4.17. The quantitative estimate of drug-likeness (QED) is 0.317. The first kappa shape index (κ1) is 21.9. The van der Waals surface area contributed by atoms with Crippen molar-refractivity contribution in [2.45, 2.75) is 18.6 Å². The average molecular weight is 470 g/mol. The molecule has 4 aromatic rings. The van der Waals surface area contributed by atoms with E-state index in [1.165, 1.54) is 17.9 Å². The van der Waals surface area contributed by atoms with Crippen molar-refractivity contribution in [2.24, 2.45) is 0 Å². The number of H-pyrrole nitrogens is 1. The molecular weight excluding hydrogens is 450 g/mol. The zero-order valence-electron chi connectivity index (χ0n) is 17.4. The third-order valence-electron chi connectivity index (χ3n) is 4.79. The molecule has 8 nitrogen and oxygen atoms in total. The van der Waals surface area contributed by atoms with Crippen LogP contribution >= 0.6 is 23.4 Å². The van der Waals surface area contributed by atoms with Crippen molar-refractivity contribution in [3.63, 3.8) is 0 Å². The molecule has 4 rings (SSSR count). The van der Waals surface area contributed by atoms with E-state index in [0.717, 1.165) is 22.9 Å². The molecule has 0 aliphatic carbocycles. The minimum absolute atomic E-state index is 0.0852. The number of nitrogens with one attached hydrogen (secondary N) is 2. The van der Waals surface area contributed by atoms with E-state index in [4.69, 9.17) is 16.3 Å². The third kappa shape index (κ3) is 4.63. The molecule has 0 saturated carbocycles. The van der Waals surface area contributed by atoms with Crippen LogP contribution in [0.15, 0.2) is 58.6 Å². The number of fused-ring (bicyclic) bond motifs is 1. The van der Waals surface area contributed by atoms with Gasteiger partial charge in [0.25, 0.3) is 5.56 Å². The Morgan fingerprint density at radius 3 is 2.75 bits per heavy atom. The maximum atomic E-state index is 13.1. The Labute approximate surface area is 193 Å². The molecule has 0 spiro atoms. The minimum Gasteiger partial charge on any atom is -0.495 e. The van der Waals surface area contributed by atoms with Crippen molar-refractivity contribution >= 4 is 40.3 Å². The zero-order valence-corrected chi connectivity index (χ0v) is 19.0. The maximum absolute atomic E-state index is 13.1. The van der Waals surface area contributed by atoms with Gasteiger partial charge in [-0.2, -0.15) is 5.10 Å². The number of carbonyl (C=O) groups excluding carboxylic acids is 1. The largest absolute Gasteiger partial charge is 0.495 e. The van der Waals surface area contributed by atoms with Gasteiger partial charge in [-0.05, 0) is 30.7 Å². The number of carbonyl (C=O) groups is 1. The highest BCUT2D eigenvalue weighted by atomic mass is 35.5. The van der Waals surface area contributed by atoms with Crippen molar-refractivity contribution in [3.05, 3.63) is 75.2 Å². The highest BCUT2D eigenvalue weighted by Gasteiger charge is 2.17. The summed E-state index contributed by atoms with van der Waals surface area (Å²) in [5, 5.41) is 10.6. The lowest BCUT2D eigenvalue weighted by molar-refractivity contribution is -0.118. The second-order valence-electron chi connectivity index (χ2n) is 7.04. The van der Waals surface area contributed by atoms with Crippen LogP contribution in [0.3, 0.4) is 0 Å². The van der Waals surface area contributed by atoms with Crippen LogP contribution in [0.5, 0.6) is 5.75 Å². The van der Waals surface area contributed by atoms with Gasteiger partial charge in [0.1, 0.15) is 11.1 Å². The van der Waals surface area contributed by atoms with Crippen LogP contribution in [-0.2, 0) is 11.3 Å². The lowest BCUT2D eigenvalue weighted by Gasteiger charge is -2.13. The van der Waals surface area contributed by atoms with Crippen LogP contribution < -0.4 is 15.6 Å². The lowest BCUT2D eigenvalue weighted by atomic mass is 10.1. The number of aromatic amines is 1. The van der Waals surface area contributed by atoms with E-state index in [0.29, 0.717) is 39.2 Å². The molecule has 2 aromatic heterocycles. The maximum Gasteiger partial charge on any atom is 0.269 e. The molecule has 0 atom stereocenters. The number of aryl methyl sites for hydroxylation is 1. The summed E-state index contributed by atoms with van der Waals surface area (Å²) in [6.07, 6.45) is 1.43. The van der Waals surface area contributed by atoms with E-state index in [9.17, 15) is 9.59 Å². The zero-order chi connectivity index (χ0) is 22.7. The van der Waals surface area contributed by atoms with Gasteiger partial charge in [-0.1, -0.05) is 53.2 Å². The van der Waals surface area contributed by atoms with Gasteiger partial charge in [0.2, 0.25) is 5.91 Å². The predicted octanol–water partition coefficient (Wildman–Crippen LogP) is 3.49. The first-order chi connectivity index (χ1) is 15.5. The third-order valence-corrected chi connectivity index (χ3v) is 6.02. The molecule has 0 bridgehead atoms. The molecule has 0 aliphatic heterocycles. The number of amides is 1. The average Bonchev–Trinajstić information content (AvgIpc) is 3.26. The molecule has 2 heterocycles. The molecule has 0 saturated heterocycles. The molecule has 10 heteroatoms. The molecule has 0 unspecified atom stereocenters. The number of ether oxygens (including phenoxy) is 1. The van der Waals surface area contributed by atoms with E-state index < -0.39 is 0 Å². The topological polar surface area (TPSA) is 102 Å². The fraction of sp³-hybridized carbons (Fsp3) is 0.182. The Balaban J connectivity index is 1.58. The molecule has 2 N–H and O–H groups in total. The van der Waals surface area contributed by atoms with Gasteiger partial charge in [-0.25, -0.2) is 4.98 Å². The Morgan fingerprint density at radius 2 is 2.03 bits per heavy atom. The SMILES string of the molecule is COc1ccc(-n2c(SCC(=O)NCc3ccc(C)cc3)nc3[nH]ncc3c2=O)cc1Cl.